The van der Waals surface area contributed by atoms with Gasteiger partial charge in [-0.25, -0.2) is 0 Å². The number of hydrogen-bond acceptors (Lipinski definition) is 3. The molecular formula is C17H25NO3. The summed E-state index contributed by atoms with van der Waals surface area (Å²) in [6, 6.07) is 7.84. The van der Waals surface area contributed by atoms with Gasteiger partial charge in [-0.1, -0.05) is 24.6 Å². The van der Waals surface area contributed by atoms with Gasteiger partial charge in [-0.2, -0.15) is 0 Å². The predicted molar refractivity (Wildman–Crippen MR) is 82.3 cm³/mol. The van der Waals surface area contributed by atoms with Crippen molar-refractivity contribution in [3.05, 3.63) is 29.8 Å². The largest absolute Gasteiger partial charge is 0.494 e. The summed E-state index contributed by atoms with van der Waals surface area (Å²) in [7, 11) is 0. The van der Waals surface area contributed by atoms with Crippen LogP contribution in [-0.2, 0) is 11.2 Å². The van der Waals surface area contributed by atoms with E-state index in [0.29, 0.717) is 26.0 Å². The van der Waals surface area contributed by atoms with E-state index in [1.807, 2.05) is 31.2 Å². The van der Waals surface area contributed by atoms with E-state index in [0.717, 1.165) is 30.6 Å². The topological polar surface area (TPSA) is 58.6 Å². The lowest BCUT2D eigenvalue weighted by molar-refractivity contribution is -0.121. The summed E-state index contributed by atoms with van der Waals surface area (Å²) >= 11 is 0. The third-order valence-electron chi connectivity index (χ3n) is 4.07. The second kappa shape index (κ2) is 8.03. The van der Waals surface area contributed by atoms with Crippen molar-refractivity contribution >= 4 is 5.91 Å². The summed E-state index contributed by atoms with van der Waals surface area (Å²) in [6.07, 6.45) is 3.81. The fourth-order valence-electron chi connectivity index (χ4n) is 2.84. The van der Waals surface area contributed by atoms with Crippen LogP contribution in [0.25, 0.3) is 0 Å². The van der Waals surface area contributed by atoms with Gasteiger partial charge in [0.15, 0.2) is 0 Å². The SMILES string of the molecule is CCOc1ccccc1CCC(=O)NCC1CCCC1O. The molecule has 116 valence electrons. The highest BCUT2D eigenvalue weighted by atomic mass is 16.5. The molecule has 0 radical (unpaired) electrons. The van der Waals surface area contributed by atoms with Crippen molar-refractivity contribution in [2.24, 2.45) is 5.92 Å². The molecule has 4 heteroatoms. The van der Waals surface area contributed by atoms with E-state index >= 15 is 0 Å². The molecule has 0 bridgehead atoms. The third kappa shape index (κ3) is 4.74. The molecule has 21 heavy (non-hydrogen) atoms. The summed E-state index contributed by atoms with van der Waals surface area (Å²) in [6.45, 7) is 3.17. The Labute approximate surface area is 126 Å². The lowest BCUT2D eigenvalue weighted by Gasteiger charge is -2.15. The predicted octanol–water partition coefficient (Wildman–Crippen LogP) is 2.30. The van der Waals surface area contributed by atoms with E-state index in [9.17, 15) is 9.90 Å². The molecule has 2 rings (SSSR count). The van der Waals surface area contributed by atoms with Gasteiger partial charge in [-0.15, -0.1) is 0 Å². The van der Waals surface area contributed by atoms with Crippen molar-refractivity contribution in [3.8, 4) is 5.75 Å². The maximum Gasteiger partial charge on any atom is 0.220 e. The van der Waals surface area contributed by atoms with Gasteiger partial charge in [-0.3, -0.25) is 4.79 Å². The number of aliphatic hydroxyl groups excluding tert-OH is 1. The molecule has 0 heterocycles. The molecule has 2 N–H and O–H groups in total. The summed E-state index contributed by atoms with van der Waals surface area (Å²) in [5.41, 5.74) is 1.07. The first-order valence-corrected chi connectivity index (χ1v) is 7.86. The molecule has 1 aromatic carbocycles. The fraction of sp³-hybridized carbons (Fsp3) is 0.588. The molecule has 1 aromatic rings. The molecule has 0 aromatic heterocycles. The lowest BCUT2D eigenvalue weighted by atomic mass is 10.1. The van der Waals surface area contributed by atoms with Gasteiger partial charge >= 0.3 is 0 Å². The number of aliphatic hydroxyl groups is 1. The van der Waals surface area contributed by atoms with E-state index in [4.69, 9.17) is 4.74 Å². The maximum atomic E-state index is 11.9. The van der Waals surface area contributed by atoms with E-state index in [1.165, 1.54) is 0 Å². The zero-order valence-electron chi connectivity index (χ0n) is 12.7. The first-order chi connectivity index (χ1) is 10.2. The quantitative estimate of drug-likeness (QED) is 0.810. The number of hydrogen-bond donors (Lipinski definition) is 2. The van der Waals surface area contributed by atoms with Gasteiger partial charge in [0.25, 0.3) is 0 Å². The Bertz CT molecular complexity index is 461. The van der Waals surface area contributed by atoms with Crippen molar-refractivity contribution in [1.29, 1.82) is 0 Å². The number of benzene rings is 1. The smallest absolute Gasteiger partial charge is 0.220 e. The minimum Gasteiger partial charge on any atom is -0.494 e. The van der Waals surface area contributed by atoms with Gasteiger partial charge in [-0.05, 0) is 37.8 Å². The minimum absolute atomic E-state index is 0.0420. The second-order valence-corrected chi connectivity index (χ2v) is 5.60. The Morgan fingerprint density at radius 2 is 2.19 bits per heavy atom. The average molecular weight is 291 g/mol. The molecule has 1 aliphatic rings. The normalized spacial score (nSPS) is 21.2. The minimum atomic E-state index is -0.246. The van der Waals surface area contributed by atoms with E-state index in [2.05, 4.69) is 5.32 Å². The Morgan fingerprint density at radius 3 is 2.90 bits per heavy atom. The molecule has 0 aliphatic heterocycles. The molecule has 0 spiro atoms. The summed E-state index contributed by atoms with van der Waals surface area (Å²) in [4.78, 5) is 11.9. The summed E-state index contributed by atoms with van der Waals surface area (Å²) in [5, 5.41) is 12.7. The number of aryl methyl sites for hydroxylation is 1. The first kappa shape index (κ1) is 15.8. The van der Waals surface area contributed by atoms with Crippen molar-refractivity contribution < 1.29 is 14.6 Å². The summed E-state index contributed by atoms with van der Waals surface area (Å²) in [5.74, 6) is 1.13. The van der Waals surface area contributed by atoms with Gasteiger partial charge in [0.05, 0.1) is 12.7 Å². The van der Waals surface area contributed by atoms with Crippen molar-refractivity contribution in [3.63, 3.8) is 0 Å². The van der Waals surface area contributed by atoms with Crippen LogP contribution in [0.2, 0.25) is 0 Å². The van der Waals surface area contributed by atoms with Gasteiger partial charge in [0, 0.05) is 18.9 Å². The zero-order valence-corrected chi connectivity index (χ0v) is 12.7. The maximum absolute atomic E-state index is 11.9. The van der Waals surface area contributed by atoms with Crippen molar-refractivity contribution in [2.75, 3.05) is 13.2 Å². The fourth-order valence-corrected chi connectivity index (χ4v) is 2.84. The standard InChI is InChI=1S/C17H25NO3/c1-2-21-16-9-4-3-6-13(16)10-11-17(20)18-12-14-7-5-8-15(14)19/h3-4,6,9,14-15,19H,2,5,7-8,10-12H2,1H3,(H,18,20). The monoisotopic (exact) mass is 291 g/mol. The molecule has 0 saturated heterocycles. The van der Waals surface area contributed by atoms with Crippen LogP contribution in [0.3, 0.4) is 0 Å². The molecular weight excluding hydrogens is 266 g/mol. The Morgan fingerprint density at radius 1 is 1.38 bits per heavy atom. The Hall–Kier alpha value is -1.55. The van der Waals surface area contributed by atoms with Crippen molar-refractivity contribution in [1.82, 2.24) is 5.32 Å². The molecule has 2 unspecified atom stereocenters. The van der Waals surface area contributed by atoms with Crippen LogP contribution in [0.5, 0.6) is 5.75 Å². The Kier molecular flexibility index (Phi) is 6.05. The number of rotatable bonds is 7. The zero-order chi connectivity index (χ0) is 15.1. The van der Waals surface area contributed by atoms with E-state index in [-0.39, 0.29) is 17.9 Å². The summed E-state index contributed by atoms with van der Waals surface area (Å²) < 4.78 is 5.56. The van der Waals surface area contributed by atoms with Crippen LogP contribution in [0.1, 0.15) is 38.2 Å². The van der Waals surface area contributed by atoms with Crippen LogP contribution in [0.15, 0.2) is 24.3 Å². The number of carbonyl (C=O) groups excluding carboxylic acids is 1. The number of carbonyl (C=O) groups is 1. The van der Waals surface area contributed by atoms with E-state index < -0.39 is 0 Å². The Balaban J connectivity index is 1.76. The second-order valence-electron chi connectivity index (χ2n) is 5.60. The average Bonchev–Trinajstić information content (AvgIpc) is 2.90. The van der Waals surface area contributed by atoms with E-state index in [1.54, 1.807) is 0 Å². The van der Waals surface area contributed by atoms with Crippen molar-refractivity contribution in [2.45, 2.75) is 45.1 Å². The van der Waals surface area contributed by atoms with Crippen LogP contribution < -0.4 is 10.1 Å². The van der Waals surface area contributed by atoms with Gasteiger partial charge in [0.2, 0.25) is 5.91 Å². The highest BCUT2D eigenvalue weighted by molar-refractivity contribution is 5.76. The third-order valence-corrected chi connectivity index (χ3v) is 4.07. The molecule has 1 aliphatic carbocycles. The highest BCUT2D eigenvalue weighted by Crippen LogP contribution is 2.24. The number of nitrogens with one attached hydrogen (secondary N) is 1. The number of ether oxygens (including phenoxy) is 1. The molecule has 4 nitrogen and oxygen atoms in total. The molecule has 1 amide bonds. The molecule has 1 fully saturated rings. The molecule has 2 atom stereocenters. The number of amides is 1. The van der Waals surface area contributed by atoms with Crippen LogP contribution in [0.4, 0.5) is 0 Å². The van der Waals surface area contributed by atoms with Gasteiger partial charge in [0.1, 0.15) is 5.75 Å². The van der Waals surface area contributed by atoms with Crippen LogP contribution in [0, 0.1) is 5.92 Å². The van der Waals surface area contributed by atoms with Crippen LogP contribution in [-0.4, -0.2) is 30.3 Å². The molecule has 1 saturated carbocycles. The number of para-hydroxylation sites is 1. The van der Waals surface area contributed by atoms with Crippen LogP contribution >= 0.6 is 0 Å². The first-order valence-electron chi connectivity index (χ1n) is 7.86. The lowest BCUT2D eigenvalue weighted by Crippen LogP contribution is -2.32. The highest BCUT2D eigenvalue weighted by Gasteiger charge is 2.25. The van der Waals surface area contributed by atoms with Gasteiger partial charge < -0.3 is 15.2 Å².